The molecule has 27 heavy (non-hydrogen) atoms. The van der Waals surface area contributed by atoms with Gasteiger partial charge >= 0.3 is 6.09 Å². The van der Waals surface area contributed by atoms with Crippen LogP contribution >= 0.6 is 30.1 Å². The fraction of sp³-hybridized carbons (Fsp3) is 0.444. The van der Waals surface area contributed by atoms with Gasteiger partial charge in [0.1, 0.15) is 17.3 Å². The van der Waals surface area contributed by atoms with E-state index in [1.165, 1.54) is 8.93 Å². The molecule has 1 unspecified atom stereocenters. The summed E-state index contributed by atoms with van der Waals surface area (Å²) in [5.41, 5.74) is 0.868. The van der Waals surface area contributed by atoms with E-state index in [1.54, 1.807) is 17.2 Å². The Morgan fingerprint density at radius 3 is 2.93 bits per heavy atom. The maximum absolute atomic E-state index is 12.4. The molecule has 2 aromatic rings. The lowest BCUT2D eigenvalue weighted by Crippen LogP contribution is -2.36. The van der Waals surface area contributed by atoms with Crippen LogP contribution < -0.4 is 0 Å². The van der Waals surface area contributed by atoms with Gasteiger partial charge in [-0.15, -0.1) is 0 Å². The molecule has 0 aromatic carbocycles. The number of pyridine rings is 1. The number of amides is 1. The van der Waals surface area contributed by atoms with Crippen LogP contribution in [0.2, 0.25) is 0 Å². The van der Waals surface area contributed by atoms with Crippen molar-refractivity contribution in [3.63, 3.8) is 0 Å². The molecule has 0 aliphatic carbocycles. The number of rotatable bonds is 2. The highest BCUT2D eigenvalue weighted by atomic mass is 127. The molecule has 1 amide bonds. The number of hydrogen-bond donors (Lipinski definition) is 0. The molecule has 3 heterocycles. The fourth-order valence-electron chi connectivity index (χ4n) is 2.72. The van der Waals surface area contributed by atoms with Crippen molar-refractivity contribution in [1.82, 2.24) is 20.0 Å². The summed E-state index contributed by atoms with van der Waals surface area (Å²) in [6, 6.07) is 3.39. The van der Waals surface area contributed by atoms with E-state index < -0.39 is 5.60 Å². The minimum absolute atomic E-state index is 0.271. The maximum Gasteiger partial charge on any atom is 0.410 e. The summed E-state index contributed by atoms with van der Waals surface area (Å²) in [5, 5.41) is 6.93. The van der Waals surface area contributed by atoms with E-state index in [0.717, 1.165) is 18.4 Å². The lowest BCUT2D eigenvalue weighted by atomic mass is 10.2. The smallest absolute Gasteiger partial charge is 0.410 e. The molecular formula is C18H19IN4O3S. The van der Waals surface area contributed by atoms with Gasteiger partial charge in [0.05, 0.1) is 0 Å². The molecule has 0 saturated carbocycles. The average Bonchev–Trinajstić information content (AvgIpc) is 3.27. The van der Waals surface area contributed by atoms with Crippen LogP contribution in [0, 0.1) is 11.2 Å². The summed E-state index contributed by atoms with van der Waals surface area (Å²) in [5.74, 6) is 3.78. The molecule has 1 aliphatic rings. The number of hydrogen-bond acceptors (Lipinski definition) is 7. The van der Waals surface area contributed by atoms with Gasteiger partial charge in [0.25, 0.3) is 0 Å². The van der Waals surface area contributed by atoms with Gasteiger partial charge in [0, 0.05) is 39.5 Å². The van der Waals surface area contributed by atoms with E-state index in [-0.39, 0.29) is 12.1 Å². The van der Waals surface area contributed by atoms with Gasteiger partial charge in [0.15, 0.2) is 0 Å². The third-order valence-electron chi connectivity index (χ3n) is 3.83. The van der Waals surface area contributed by atoms with Crippen molar-refractivity contribution in [2.75, 3.05) is 6.54 Å². The molecule has 1 saturated heterocycles. The van der Waals surface area contributed by atoms with Crippen LogP contribution in [-0.4, -0.2) is 38.3 Å². The third-order valence-corrected chi connectivity index (χ3v) is 4.67. The number of likely N-dealkylation sites (tertiary alicyclic amines) is 1. The molecule has 1 aliphatic heterocycles. The molecule has 0 bridgehead atoms. The molecule has 7 nitrogen and oxygen atoms in total. The number of carbonyl (C=O) groups is 1. The standard InChI is InChI=1S/C18H19IN4O3S/c1-18(2,3)25-17(24)23-9-4-5-14(23)16-21-15(22-26-16)13-7-6-12(11-20-13)8-10-27-19/h6-7,11,14H,4-5,9H2,1-3H3. The van der Waals surface area contributed by atoms with Crippen LogP contribution in [0.1, 0.15) is 51.1 Å². The van der Waals surface area contributed by atoms with Gasteiger partial charge in [-0.25, -0.2) is 4.79 Å². The molecule has 2 aromatic heterocycles. The van der Waals surface area contributed by atoms with Crippen molar-refractivity contribution in [2.24, 2.45) is 0 Å². The minimum atomic E-state index is -0.547. The first-order valence-electron chi connectivity index (χ1n) is 8.45. The summed E-state index contributed by atoms with van der Waals surface area (Å²) >= 11 is 2.12. The van der Waals surface area contributed by atoms with E-state index in [9.17, 15) is 4.79 Å². The first-order valence-corrected chi connectivity index (χ1v) is 11.8. The first-order chi connectivity index (χ1) is 12.9. The molecule has 1 atom stereocenters. The number of halogens is 1. The number of nitrogens with zero attached hydrogens (tertiary/aromatic N) is 4. The van der Waals surface area contributed by atoms with Crippen LogP contribution in [-0.2, 0) is 4.74 Å². The Bertz CT molecular complexity index is 867. The van der Waals surface area contributed by atoms with Crippen LogP contribution in [0.15, 0.2) is 22.9 Å². The van der Waals surface area contributed by atoms with Gasteiger partial charge in [0.2, 0.25) is 11.7 Å². The first kappa shape index (κ1) is 19.9. The second-order valence-electron chi connectivity index (χ2n) is 7.02. The highest BCUT2D eigenvalue weighted by Crippen LogP contribution is 2.33. The fourth-order valence-corrected chi connectivity index (χ4v) is 3.20. The number of carbonyl (C=O) groups excluding carboxylic acids is 1. The topological polar surface area (TPSA) is 81.4 Å². The van der Waals surface area contributed by atoms with Gasteiger partial charge in [-0.05, 0) is 59.9 Å². The Morgan fingerprint density at radius 1 is 1.44 bits per heavy atom. The summed E-state index contributed by atoms with van der Waals surface area (Å²) in [6.07, 6.45) is 2.94. The molecular weight excluding hydrogens is 479 g/mol. The van der Waals surface area contributed by atoms with Crippen LogP contribution in [0.3, 0.4) is 0 Å². The predicted octanol–water partition coefficient (Wildman–Crippen LogP) is 4.60. The van der Waals surface area contributed by atoms with E-state index >= 15 is 0 Å². The molecule has 0 spiro atoms. The SMILES string of the molecule is CC(C)(C)OC(=O)N1CCCC1c1nc(-c2ccc(C#CSI)cn2)no1. The number of aromatic nitrogens is 3. The van der Waals surface area contributed by atoms with Gasteiger partial charge in [-0.2, -0.15) is 4.98 Å². The molecule has 1 fully saturated rings. The largest absolute Gasteiger partial charge is 0.444 e. The Labute approximate surface area is 174 Å². The maximum atomic E-state index is 12.4. The van der Waals surface area contributed by atoms with E-state index in [1.807, 2.05) is 26.8 Å². The second-order valence-corrected chi connectivity index (χ2v) is 8.70. The van der Waals surface area contributed by atoms with Crippen molar-refractivity contribution in [1.29, 1.82) is 0 Å². The lowest BCUT2D eigenvalue weighted by Gasteiger charge is -2.26. The minimum Gasteiger partial charge on any atom is -0.444 e. The lowest BCUT2D eigenvalue weighted by molar-refractivity contribution is 0.0199. The van der Waals surface area contributed by atoms with Crippen molar-refractivity contribution in [2.45, 2.75) is 45.3 Å². The zero-order valence-electron chi connectivity index (χ0n) is 15.2. The Hall–Kier alpha value is -1.80. The monoisotopic (exact) mass is 498 g/mol. The highest BCUT2D eigenvalue weighted by molar-refractivity contribution is 14.2. The van der Waals surface area contributed by atoms with E-state index in [0.29, 0.717) is 24.0 Å². The van der Waals surface area contributed by atoms with Crippen molar-refractivity contribution in [3.05, 3.63) is 29.8 Å². The summed E-state index contributed by atoms with van der Waals surface area (Å²) < 4.78 is 10.9. The van der Waals surface area contributed by atoms with Crippen LogP contribution in [0.25, 0.3) is 11.5 Å². The van der Waals surface area contributed by atoms with Crippen molar-refractivity contribution < 1.29 is 14.1 Å². The normalized spacial score (nSPS) is 16.7. The quantitative estimate of drug-likeness (QED) is 0.443. The number of ether oxygens (including phenoxy) is 1. The zero-order chi connectivity index (χ0) is 19.4. The summed E-state index contributed by atoms with van der Waals surface area (Å²) in [6.45, 7) is 6.15. The Kier molecular flexibility index (Phi) is 6.26. The van der Waals surface area contributed by atoms with E-state index in [2.05, 4.69) is 47.5 Å². The highest BCUT2D eigenvalue weighted by Gasteiger charge is 2.36. The Morgan fingerprint density at radius 2 is 2.26 bits per heavy atom. The molecule has 0 radical (unpaired) electrons. The zero-order valence-corrected chi connectivity index (χ0v) is 18.2. The van der Waals surface area contributed by atoms with Crippen molar-refractivity contribution in [3.8, 4) is 22.7 Å². The van der Waals surface area contributed by atoms with Gasteiger partial charge in [-0.3, -0.25) is 9.88 Å². The second kappa shape index (κ2) is 8.48. The Balaban J connectivity index is 1.75. The van der Waals surface area contributed by atoms with Crippen LogP contribution in [0.5, 0.6) is 0 Å². The average molecular weight is 498 g/mol. The van der Waals surface area contributed by atoms with E-state index in [4.69, 9.17) is 9.26 Å². The third kappa shape index (κ3) is 5.13. The molecule has 9 heteroatoms. The van der Waals surface area contributed by atoms with Gasteiger partial charge in [-0.1, -0.05) is 11.1 Å². The summed E-state index contributed by atoms with van der Waals surface area (Å²) in [4.78, 5) is 22.9. The van der Waals surface area contributed by atoms with Crippen molar-refractivity contribution >= 4 is 36.2 Å². The van der Waals surface area contributed by atoms with Crippen LogP contribution in [0.4, 0.5) is 4.79 Å². The molecule has 3 rings (SSSR count). The van der Waals surface area contributed by atoms with Gasteiger partial charge < -0.3 is 9.26 Å². The summed E-state index contributed by atoms with van der Waals surface area (Å²) in [7, 11) is 1.42. The molecule has 0 N–H and O–H groups in total. The predicted molar refractivity (Wildman–Crippen MR) is 111 cm³/mol. The molecule has 142 valence electrons.